The zero-order valence-electron chi connectivity index (χ0n) is 12.8. The molecule has 114 valence electrons. The van der Waals surface area contributed by atoms with Crippen LogP contribution >= 0.6 is 0 Å². The lowest BCUT2D eigenvalue weighted by Gasteiger charge is -2.36. The van der Waals surface area contributed by atoms with Crippen LogP contribution in [0.5, 0.6) is 0 Å². The maximum atomic E-state index is 12.3. The van der Waals surface area contributed by atoms with Crippen LogP contribution in [0.1, 0.15) is 36.3 Å². The summed E-state index contributed by atoms with van der Waals surface area (Å²) >= 11 is 0. The van der Waals surface area contributed by atoms with E-state index in [2.05, 4.69) is 24.0 Å². The molecule has 4 heteroatoms. The van der Waals surface area contributed by atoms with Gasteiger partial charge in [-0.05, 0) is 24.8 Å². The fourth-order valence-electron chi connectivity index (χ4n) is 3.58. The van der Waals surface area contributed by atoms with Crippen molar-refractivity contribution in [2.75, 3.05) is 4.90 Å². The van der Waals surface area contributed by atoms with Gasteiger partial charge in [0, 0.05) is 12.6 Å². The molecule has 1 saturated heterocycles. The molecule has 2 aliphatic heterocycles. The molecular formula is C18H19NO3. The second kappa shape index (κ2) is 4.99. The third-order valence-corrected chi connectivity index (χ3v) is 4.62. The van der Waals surface area contributed by atoms with Crippen LogP contribution in [0, 0.1) is 12.8 Å². The first-order chi connectivity index (χ1) is 10.6. The maximum absolute atomic E-state index is 12.3. The third kappa shape index (κ3) is 2.06. The molecule has 1 fully saturated rings. The standard InChI is InChI=1S/C18H19NO3/c1-11-8-15-19(10-13-6-4-3-5-7-13)14-9-12(2)21-18(20)16(14)17(11)22-15/h3-7,9,11,15,17H,8,10H2,1-2H3/t11-,15+,17-/m0/s1. The maximum Gasteiger partial charge on any atom is 0.343 e. The number of anilines is 1. The van der Waals surface area contributed by atoms with E-state index in [0.717, 1.165) is 18.7 Å². The van der Waals surface area contributed by atoms with E-state index in [9.17, 15) is 4.79 Å². The molecule has 2 aliphatic rings. The summed E-state index contributed by atoms with van der Waals surface area (Å²) in [5.74, 6) is 0.978. The normalized spacial score (nSPS) is 26.1. The minimum absolute atomic E-state index is 0.0360. The van der Waals surface area contributed by atoms with Crippen LogP contribution in [-0.2, 0) is 11.3 Å². The predicted octanol–water partition coefficient (Wildman–Crippen LogP) is 3.39. The number of fused-ring (bicyclic) bond motifs is 4. The number of nitrogens with zero attached hydrogens (tertiary/aromatic N) is 1. The summed E-state index contributed by atoms with van der Waals surface area (Å²) in [5, 5.41) is 0. The molecule has 1 aromatic carbocycles. The lowest BCUT2D eigenvalue weighted by molar-refractivity contribution is 0.0199. The largest absolute Gasteiger partial charge is 0.428 e. The van der Waals surface area contributed by atoms with Crippen molar-refractivity contribution in [1.29, 1.82) is 0 Å². The van der Waals surface area contributed by atoms with Crippen LogP contribution in [0.2, 0.25) is 0 Å². The molecule has 0 amide bonds. The van der Waals surface area contributed by atoms with E-state index in [-0.39, 0.29) is 18.0 Å². The van der Waals surface area contributed by atoms with Gasteiger partial charge in [-0.25, -0.2) is 4.79 Å². The molecule has 3 atom stereocenters. The van der Waals surface area contributed by atoms with E-state index in [1.54, 1.807) is 0 Å². The van der Waals surface area contributed by atoms with E-state index >= 15 is 0 Å². The van der Waals surface area contributed by atoms with Gasteiger partial charge in [-0.3, -0.25) is 0 Å². The topological polar surface area (TPSA) is 42.7 Å². The molecule has 0 spiro atoms. The summed E-state index contributed by atoms with van der Waals surface area (Å²) in [6.45, 7) is 4.70. The number of hydrogen-bond donors (Lipinski definition) is 0. The van der Waals surface area contributed by atoms with Gasteiger partial charge in [-0.2, -0.15) is 0 Å². The van der Waals surface area contributed by atoms with Crippen molar-refractivity contribution in [3.05, 3.63) is 63.7 Å². The second-order valence-electron chi connectivity index (χ2n) is 6.28. The first-order valence-electron chi connectivity index (χ1n) is 7.74. The zero-order chi connectivity index (χ0) is 15.3. The van der Waals surface area contributed by atoms with Gasteiger partial charge >= 0.3 is 5.63 Å². The smallest absolute Gasteiger partial charge is 0.343 e. The molecule has 3 heterocycles. The molecule has 0 saturated carbocycles. The molecule has 4 nitrogen and oxygen atoms in total. The highest BCUT2D eigenvalue weighted by atomic mass is 16.5. The second-order valence-corrected chi connectivity index (χ2v) is 6.28. The molecule has 1 aromatic heterocycles. The van der Waals surface area contributed by atoms with Gasteiger partial charge in [0.15, 0.2) is 0 Å². The average molecular weight is 297 g/mol. The zero-order valence-corrected chi connectivity index (χ0v) is 12.8. The van der Waals surface area contributed by atoms with Gasteiger partial charge in [0.05, 0.1) is 17.4 Å². The van der Waals surface area contributed by atoms with Crippen LogP contribution in [0.15, 0.2) is 45.6 Å². The van der Waals surface area contributed by atoms with Crippen molar-refractivity contribution in [2.45, 2.75) is 39.1 Å². The molecule has 0 radical (unpaired) electrons. The van der Waals surface area contributed by atoms with Gasteiger partial charge < -0.3 is 14.1 Å². The van der Waals surface area contributed by atoms with Crippen LogP contribution < -0.4 is 10.5 Å². The van der Waals surface area contributed by atoms with E-state index < -0.39 is 0 Å². The first kappa shape index (κ1) is 13.6. The summed E-state index contributed by atoms with van der Waals surface area (Å²) in [4.78, 5) is 14.5. The third-order valence-electron chi connectivity index (χ3n) is 4.62. The SMILES string of the molecule is Cc1cc2c(c(=O)o1)[C@H]1O[C@H](C[C@@H]1C)N2Cc1ccccc1. The van der Waals surface area contributed by atoms with Crippen LogP contribution in [0.4, 0.5) is 5.69 Å². The van der Waals surface area contributed by atoms with E-state index in [1.807, 2.05) is 31.2 Å². The van der Waals surface area contributed by atoms with Gasteiger partial charge in [0.2, 0.25) is 0 Å². The van der Waals surface area contributed by atoms with Gasteiger partial charge in [0.25, 0.3) is 0 Å². The average Bonchev–Trinajstić information content (AvgIpc) is 2.82. The molecule has 22 heavy (non-hydrogen) atoms. The van der Waals surface area contributed by atoms with Crippen molar-refractivity contribution in [3.63, 3.8) is 0 Å². The Morgan fingerprint density at radius 1 is 1.27 bits per heavy atom. The van der Waals surface area contributed by atoms with E-state index in [0.29, 0.717) is 17.2 Å². The number of hydrogen-bond acceptors (Lipinski definition) is 4. The van der Waals surface area contributed by atoms with Crippen LogP contribution in [0.25, 0.3) is 0 Å². The number of aryl methyl sites for hydroxylation is 1. The minimum atomic E-state index is -0.259. The Balaban J connectivity index is 1.82. The Bertz CT molecular complexity index is 753. The lowest BCUT2D eigenvalue weighted by atomic mass is 9.98. The van der Waals surface area contributed by atoms with Crippen molar-refractivity contribution < 1.29 is 9.15 Å². The highest BCUT2D eigenvalue weighted by Gasteiger charge is 2.45. The fourth-order valence-corrected chi connectivity index (χ4v) is 3.58. The highest BCUT2D eigenvalue weighted by molar-refractivity contribution is 5.57. The summed E-state index contributed by atoms with van der Waals surface area (Å²) in [5.41, 5.74) is 2.61. The predicted molar refractivity (Wildman–Crippen MR) is 83.7 cm³/mol. The quantitative estimate of drug-likeness (QED) is 0.852. The van der Waals surface area contributed by atoms with Crippen LogP contribution in [0.3, 0.4) is 0 Å². The summed E-state index contributed by atoms with van der Waals surface area (Å²) < 4.78 is 11.4. The van der Waals surface area contributed by atoms with Crippen LogP contribution in [-0.4, -0.2) is 6.23 Å². The summed E-state index contributed by atoms with van der Waals surface area (Å²) in [6, 6.07) is 12.2. The molecule has 0 N–H and O–H groups in total. The van der Waals surface area contributed by atoms with Crippen molar-refractivity contribution in [1.82, 2.24) is 0 Å². The van der Waals surface area contributed by atoms with Crippen molar-refractivity contribution >= 4 is 5.69 Å². The number of rotatable bonds is 2. The highest BCUT2D eigenvalue weighted by Crippen LogP contribution is 2.47. The summed E-state index contributed by atoms with van der Waals surface area (Å²) in [6.07, 6.45) is 0.836. The lowest BCUT2D eigenvalue weighted by Crippen LogP contribution is -2.39. The Kier molecular flexibility index (Phi) is 3.08. The van der Waals surface area contributed by atoms with Gasteiger partial charge in [-0.1, -0.05) is 37.3 Å². The Labute approximate surface area is 129 Å². The van der Waals surface area contributed by atoms with Gasteiger partial charge in [-0.15, -0.1) is 0 Å². The monoisotopic (exact) mass is 297 g/mol. The fraction of sp³-hybridized carbons (Fsp3) is 0.389. The molecule has 0 unspecified atom stereocenters. The molecule has 0 aliphatic carbocycles. The first-order valence-corrected chi connectivity index (χ1v) is 7.74. The van der Waals surface area contributed by atoms with Gasteiger partial charge in [0.1, 0.15) is 12.0 Å². The molecule has 2 bridgehead atoms. The van der Waals surface area contributed by atoms with Crippen molar-refractivity contribution in [3.8, 4) is 0 Å². The number of ether oxygens (including phenoxy) is 1. The number of benzene rings is 1. The molecule has 2 aromatic rings. The minimum Gasteiger partial charge on any atom is -0.428 e. The molecule has 4 rings (SSSR count). The summed E-state index contributed by atoms with van der Waals surface area (Å²) in [7, 11) is 0. The van der Waals surface area contributed by atoms with E-state index in [4.69, 9.17) is 9.15 Å². The Morgan fingerprint density at radius 3 is 2.82 bits per heavy atom. The molecular weight excluding hydrogens is 278 g/mol. The van der Waals surface area contributed by atoms with E-state index in [1.165, 1.54) is 5.56 Å². The van der Waals surface area contributed by atoms with Crippen molar-refractivity contribution in [2.24, 2.45) is 5.92 Å². The Morgan fingerprint density at radius 2 is 2.05 bits per heavy atom. The Hall–Kier alpha value is -2.07.